The number of aryl methyl sites for hydroxylation is 1. The number of hydrogen-bond donors (Lipinski definition) is 0. The molecule has 21 heavy (non-hydrogen) atoms. The largest absolute Gasteiger partial charge is 0.497 e. The average Bonchev–Trinajstić information content (AvgIpc) is 3.14. The van der Waals surface area contributed by atoms with Crippen LogP contribution in [0.5, 0.6) is 5.75 Å². The normalized spacial score (nSPS) is 10.8. The predicted octanol–water partition coefficient (Wildman–Crippen LogP) is 3.80. The van der Waals surface area contributed by atoms with Gasteiger partial charge in [-0.1, -0.05) is 23.1 Å². The van der Waals surface area contributed by atoms with Gasteiger partial charge in [-0.3, -0.25) is 0 Å². The van der Waals surface area contributed by atoms with Gasteiger partial charge in [0, 0.05) is 11.3 Å². The molecule has 0 unspecified atom stereocenters. The van der Waals surface area contributed by atoms with E-state index in [9.17, 15) is 0 Å². The van der Waals surface area contributed by atoms with Gasteiger partial charge in [0.05, 0.1) is 12.8 Å². The summed E-state index contributed by atoms with van der Waals surface area (Å²) in [6.45, 7) is 1.94. The first-order chi connectivity index (χ1) is 10.2. The Hall–Kier alpha value is -1.86. The summed E-state index contributed by atoms with van der Waals surface area (Å²) in [4.78, 5) is 4.49. The lowest BCUT2D eigenvalue weighted by molar-refractivity contribution is 0.415. The maximum Gasteiger partial charge on any atom is 0.226 e. The Balaban J connectivity index is 1.67. The van der Waals surface area contributed by atoms with Crippen molar-refractivity contribution >= 4 is 23.1 Å². The molecule has 0 N–H and O–H groups in total. The molecule has 0 spiro atoms. The smallest absolute Gasteiger partial charge is 0.226 e. The highest BCUT2D eigenvalue weighted by atomic mass is 32.2. The number of oxazole rings is 1. The fraction of sp³-hybridized carbons (Fsp3) is 0.214. The van der Waals surface area contributed by atoms with Gasteiger partial charge in [0.15, 0.2) is 4.34 Å². The average molecular weight is 319 g/mol. The summed E-state index contributed by atoms with van der Waals surface area (Å²) in [7, 11) is 1.64. The van der Waals surface area contributed by atoms with Crippen molar-refractivity contribution in [2.24, 2.45) is 0 Å². The third-order valence-corrected chi connectivity index (χ3v) is 4.75. The quantitative estimate of drug-likeness (QED) is 0.667. The monoisotopic (exact) mass is 319 g/mol. The first-order valence-electron chi connectivity index (χ1n) is 6.26. The topological polar surface area (TPSA) is 61.0 Å². The molecule has 0 atom stereocenters. The van der Waals surface area contributed by atoms with Gasteiger partial charge in [0.25, 0.3) is 0 Å². The van der Waals surface area contributed by atoms with Gasteiger partial charge in [-0.25, -0.2) is 4.98 Å². The van der Waals surface area contributed by atoms with Crippen LogP contribution in [0, 0.1) is 6.92 Å². The molecule has 2 aromatic heterocycles. The second kappa shape index (κ2) is 6.28. The molecule has 2 heterocycles. The Labute approximate surface area is 130 Å². The second-order valence-corrected chi connectivity index (χ2v) is 6.65. The number of aromatic nitrogens is 3. The van der Waals surface area contributed by atoms with Crippen LogP contribution in [0.1, 0.15) is 10.7 Å². The summed E-state index contributed by atoms with van der Waals surface area (Å²) >= 11 is 3.19. The summed E-state index contributed by atoms with van der Waals surface area (Å²) in [5, 5.41) is 9.03. The minimum atomic E-state index is 0.613. The predicted molar refractivity (Wildman–Crippen MR) is 82.7 cm³/mol. The third-order valence-electron chi connectivity index (χ3n) is 2.74. The van der Waals surface area contributed by atoms with Crippen molar-refractivity contribution in [3.8, 4) is 17.2 Å². The first kappa shape index (κ1) is 14.1. The molecule has 0 amide bonds. The zero-order valence-corrected chi connectivity index (χ0v) is 13.2. The molecule has 0 aliphatic carbocycles. The van der Waals surface area contributed by atoms with Crippen molar-refractivity contribution < 1.29 is 9.15 Å². The number of hydrogen-bond acceptors (Lipinski definition) is 7. The second-order valence-electron chi connectivity index (χ2n) is 4.25. The molecular formula is C14H13N3O2S2. The van der Waals surface area contributed by atoms with Crippen molar-refractivity contribution in [3.05, 3.63) is 41.2 Å². The SMILES string of the molecule is COc1ccc(-c2nc(CSc3nnc(C)s3)co2)cc1. The molecule has 0 fully saturated rings. The van der Waals surface area contributed by atoms with Crippen LogP contribution in [0.2, 0.25) is 0 Å². The number of methoxy groups -OCH3 is 1. The van der Waals surface area contributed by atoms with Gasteiger partial charge < -0.3 is 9.15 Å². The van der Waals surface area contributed by atoms with Crippen LogP contribution in [-0.4, -0.2) is 22.3 Å². The molecule has 0 bridgehead atoms. The van der Waals surface area contributed by atoms with Crippen LogP contribution < -0.4 is 4.74 Å². The van der Waals surface area contributed by atoms with E-state index in [2.05, 4.69) is 15.2 Å². The molecule has 108 valence electrons. The van der Waals surface area contributed by atoms with Crippen molar-refractivity contribution in [2.45, 2.75) is 17.0 Å². The Bertz CT molecular complexity index is 722. The fourth-order valence-electron chi connectivity index (χ4n) is 1.71. The lowest BCUT2D eigenvalue weighted by Gasteiger charge is -1.99. The van der Waals surface area contributed by atoms with E-state index in [4.69, 9.17) is 9.15 Å². The molecular weight excluding hydrogens is 306 g/mol. The molecule has 0 saturated carbocycles. The zero-order valence-electron chi connectivity index (χ0n) is 11.6. The Morgan fingerprint density at radius 3 is 2.71 bits per heavy atom. The lowest BCUT2D eigenvalue weighted by Crippen LogP contribution is -1.84. The first-order valence-corrected chi connectivity index (χ1v) is 8.06. The molecule has 0 aliphatic rings. The highest BCUT2D eigenvalue weighted by Gasteiger charge is 2.09. The van der Waals surface area contributed by atoms with Gasteiger partial charge in [-0.2, -0.15) is 0 Å². The summed E-state index contributed by atoms with van der Waals surface area (Å²) in [6, 6.07) is 7.63. The van der Waals surface area contributed by atoms with E-state index < -0.39 is 0 Å². The number of nitrogens with zero attached hydrogens (tertiary/aromatic N) is 3. The summed E-state index contributed by atoms with van der Waals surface area (Å²) in [5.41, 5.74) is 1.82. The molecule has 0 saturated heterocycles. The number of benzene rings is 1. The summed E-state index contributed by atoms with van der Waals surface area (Å²) in [6.07, 6.45) is 1.68. The molecule has 0 radical (unpaired) electrons. The molecule has 5 nitrogen and oxygen atoms in total. The fourth-order valence-corrected chi connectivity index (χ4v) is 3.40. The van der Waals surface area contributed by atoms with Crippen molar-refractivity contribution in [2.75, 3.05) is 7.11 Å². The van der Waals surface area contributed by atoms with E-state index in [-0.39, 0.29) is 0 Å². The summed E-state index contributed by atoms with van der Waals surface area (Å²) in [5.74, 6) is 2.14. The number of ether oxygens (including phenoxy) is 1. The van der Waals surface area contributed by atoms with Gasteiger partial charge in [0.2, 0.25) is 5.89 Å². The van der Waals surface area contributed by atoms with Crippen LogP contribution in [-0.2, 0) is 5.75 Å². The van der Waals surface area contributed by atoms with E-state index in [0.717, 1.165) is 26.4 Å². The van der Waals surface area contributed by atoms with Crippen LogP contribution in [0.3, 0.4) is 0 Å². The third kappa shape index (κ3) is 3.43. The molecule has 3 aromatic rings. The molecule has 7 heteroatoms. The minimum Gasteiger partial charge on any atom is -0.497 e. The Morgan fingerprint density at radius 1 is 1.24 bits per heavy atom. The van der Waals surface area contributed by atoms with E-state index >= 15 is 0 Å². The number of thioether (sulfide) groups is 1. The van der Waals surface area contributed by atoms with Crippen LogP contribution in [0.15, 0.2) is 39.3 Å². The van der Waals surface area contributed by atoms with Gasteiger partial charge >= 0.3 is 0 Å². The zero-order chi connectivity index (χ0) is 14.7. The van der Waals surface area contributed by atoms with E-state index in [1.165, 1.54) is 0 Å². The van der Waals surface area contributed by atoms with Crippen LogP contribution in [0.4, 0.5) is 0 Å². The van der Waals surface area contributed by atoms with Crippen molar-refractivity contribution in [1.82, 2.24) is 15.2 Å². The highest BCUT2D eigenvalue weighted by molar-refractivity contribution is 8.00. The maximum atomic E-state index is 5.52. The summed E-state index contributed by atoms with van der Waals surface area (Å²) < 4.78 is 11.6. The van der Waals surface area contributed by atoms with Crippen LogP contribution >= 0.6 is 23.1 Å². The Kier molecular flexibility index (Phi) is 4.21. The van der Waals surface area contributed by atoms with Gasteiger partial charge in [-0.15, -0.1) is 10.2 Å². The highest BCUT2D eigenvalue weighted by Crippen LogP contribution is 2.27. The Morgan fingerprint density at radius 2 is 2.05 bits per heavy atom. The number of rotatable bonds is 5. The van der Waals surface area contributed by atoms with Crippen molar-refractivity contribution in [1.29, 1.82) is 0 Å². The lowest BCUT2D eigenvalue weighted by atomic mass is 10.2. The maximum absolute atomic E-state index is 5.52. The minimum absolute atomic E-state index is 0.613. The molecule has 0 aliphatic heterocycles. The van der Waals surface area contributed by atoms with Gasteiger partial charge in [0.1, 0.15) is 17.0 Å². The van der Waals surface area contributed by atoms with Crippen molar-refractivity contribution in [3.63, 3.8) is 0 Å². The van der Waals surface area contributed by atoms with E-state index in [1.807, 2.05) is 31.2 Å². The van der Waals surface area contributed by atoms with E-state index in [0.29, 0.717) is 11.6 Å². The molecule has 1 aromatic carbocycles. The van der Waals surface area contributed by atoms with Crippen LogP contribution in [0.25, 0.3) is 11.5 Å². The van der Waals surface area contributed by atoms with Gasteiger partial charge in [-0.05, 0) is 31.2 Å². The molecule has 3 rings (SSSR count). The standard InChI is InChI=1S/C14H13N3O2S2/c1-9-16-17-14(21-9)20-8-11-7-19-13(15-11)10-3-5-12(18-2)6-4-10/h3-7H,8H2,1-2H3. The van der Waals surface area contributed by atoms with E-state index in [1.54, 1.807) is 36.5 Å².